The van der Waals surface area contributed by atoms with E-state index in [1.54, 1.807) is 10.9 Å². The molecule has 0 spiro atoms. The Morgan fingerprint density at radius 1 is 1.25 bits per heavy atom. The Kier molecular flexibility index (Phi) is 5.43. The summed E-state index contributed by atoms with van der Waals surface area (Å²) >= 11 is 1.41. The molecule has 6 nitrogen and oxygen atoms in total. The second-order valence-corrected chi connectivity index (χ2v) is 6.38. The number of hydrogen-bond acceptors (Lipinski definition) is 5. The van der Waals surface area contributed by atoms with Crippen molar-refractivity contribution in [1.82, 2.24) is 25.1 Å². The van der Waals surface area contributed by atoms with Gasteiger partial charge in [-0.15, -0.1) is 0 Å². The van der Waals surface area contributed by atoms with E-state index in [-0.39, 0.29) is 5.91 Å². The van der Waals surface area contributed by atoms with Crippen LogP contribution in [0, 0.1) is 0 Å². The van der Waals surface area contributed by atoms with Gasteiger partial charge in [0.05, 0.1) is 17.3 Å². The van der Waals surface area contributed by atoms with Gasteiger partial charge in [-0.2, -0.15) is 5.10 Å². The third kappa shape index (κ3) is 4.11. The number of amides is 1. The van der Waals surface area contributed by atoms with Gasteiger partial charge in [-0.25, -0.2) is 9.97 Å². The topological polar surface area (TPSA) is 72.7 Å². The van der Waals surface area contributed by atoms with E-state index in [0.29, 0.717) is 12.3 Å². The Morgan fingerprint density at radius 2 is 2.08 bits per heavy atom. The molecule has 0 radical (unpaired) electrons. The summed E-state index contributed by atoms with van der Waals surface area (Å²) in [4.78, 5) is 20.4. The monoisotopic (exact) mass is 341 g/mol. The molecule has 124 valence electrons. The lowest BCUT2D eigenvalue weighted by molar-refractivity contribution is -0.118. The summed E-state index contributed by atoms with van der Waals surface area (Å²) in [6.45, 7) is 0.681. The summed E-state index contributed by atoms with van der Waals surface area (Å²) in [5.41, 5.74) is 2.07. The van der Waals surface area contributed by atoms with Crippen LogP contribution in [0.5, 0.6) is 0 Å². The first-order valence-corrected chi connectivity index (χ1v) is 8.79. The van der Waals surface area contributed by atoms with Crippen molar-refractivity contribution in [3.8, 4) is 0 Å². The molecule has 0 bridgehead atoms. The van der Waals surface area contributed by atoms with Crippen LogP contribution < -0.4 is 5.32 Å². The molecule has 0 saturated heterocycles. The van der Waals surface area contributed by atoms with Gasteiger partial charge in [0.15, 0.2) is 5.65 Å². The average molecular weight is 341 g/mol. The molecule has 3 rings (SSSR count). The summed E-state index contributed by atoms with van der Waals surface area (Å²) in [5.74, 6) is 0.357. The van der Waals surface area contributed by atoms with Crippen LogP contribution >= 0.6 is 11.8 Å². The van der Waals surface area contributed by atoms with Crippen LogP contribution in [0.15, 0.2) is 47.9 Å². The highest BCUT2D eigenvalue weighted by Crippen LogP contribution is 2.23. The summed E-state index contributed by atoms with van der Waals surface area (Å²) in [6.07, 6.45) is 5.14. The number of rotatable bonds is 7. The molecule has 2 aromatic heterocycles. The number of fused-ring (bicyclic) bond motifs is 1. The highest BCUT2D eigenvalue weighted by atomic mass is 32.2. The predicted molar refractivity (Wildman–Crippen MR) is 94.8 cm³/mol. The van der Waals surface area contributed by atoms with Gasteiger partial charge in [-0.1, -0.05) is 42.1 Å². The van der Waals surface area contributed by atoms with E-state index >= 15 is 0 Å². The first kappa shape index (κ1) is 16.4. The zero-order valence-corrected chi connectivity index (χ0v) is 14.3. The fourth-order valence-electron chi connectivity index (χ4n) is 2.41. The first-order chi connectivity index (χ1) is 11.7. The van der Waals surface area contributed by atoms with Crippen molar-refractivity contribution in [1.29, 1.82) is 0 Å². The lowest BCUT2D eigenvalue weighted by atomic mass is 10.1. The summed E-state index contributed by atoms with van der Waals surface area (Å²) in [5, 5.41) is 8.79. The van der Waals surface area contributed by atoms with Gasteiger partial charge in [0, 0.05) is 13.6 Å². The van der Waals surface area contributed by atoms with Crippen LogP contribution in [0.4, 0.5) is 0 Å². The Labute approximate surface area is 144 Å². The molecule has 0 unspecified atom stereocenters. The second kappa shape index (κ2) is 7.92. The minimum absolute atomic E-state index is 0.0173. The number of hydrogen-bond donors (Lipinski definition) is 1. The summed E-state index contributed by atoms with van der Waals surface area (Å²) in [6, 6.07) is 10.3. The van der Waals surface area contributed by atoms with Crippen molar-refractivity contribution < 1.29 is 4.79 Å². The lowest BCUT2D eigenvalue weighted by Gasteiger charge is -2.05. The Morgan fingerprint density at radius 3 is 2.92 bits per heavy atom. The Hall–Kier alpha value is -2.41. The number of benzene rings is 1. The van der Waals surface area contributed by atoms with Gasteiger partial charge < -0.3 is 5.32 Å². The molecular weight excluding hydrogens is 322 g/mol. The van der Waals surface area contributed by atoms with Gasteiger partial charge in [-0.3, -0.25) is 9.48 Å². The van der Waals surface area contributed by atoms with Gasteiger partial charge in [-0.05, 0) is 18.4 Å². The van der Waals surface area contributed by atoms with Crippen LogP contribution in [-0.2, 0) is 18.3 Å². The SMILES string of the molecule is Cn1ncc2c(SCC(=O)NCCCc3ccccc3)ncnc21. The number of carbonyl (C=O) groups excluding carboxylic acids is 1. The average Bonchev–Trinajstić information content (AvgIpc) is 3.00. The van der Waals surface area contributed by atoms with Gasteiger partial charge in [0.2, 0.25) is 5.91 Å². The molecule has 1 aromatic carbocycles. The second-order valence-electron chi connectivity index (χ2n) is 5.41. The molecule has 2 heterocycles. The molecular formula is C17H19N5OS. The van der Waals surface area contributed by atoms with E-state index in [1.165, 1.54) is 23.7 Å². The van der Waals surface area contributed by atoms with Crippen LogP contribution in [0.1, 0.15) is 12.0 Å². The van der Waals surface area contributed by atoms with E-state index in [1.807, 2.05) is 25.2 Å². The molecule has 0 aliphatic carbocycles. The van der Waals surface area contributed by atoms with Crippen LogP contribution in [-0.4, -0.2) is 38.0 Å². The fourth-order valence-corrected chi connectivity index (χ4v) is 3.20. The number of aryl methyl sites for hydroxylation is 2. The van der Waals surface area contributed by atoms with Crippen molar-refractivity contribution in [2.45, 2.75) is 17.9 Å². The van der Waals surface area contributed by atoms with Crippen molar-refractivity contribution in [2.75, 3.05) is 12.3 Å². The van der Waals surface area contributed by atoms with Crippen LogP contribution in [0.3, 0.4) is 0 Å². The molecule has 7 heteroatoms. The van der Waals surface area contributed by atoms with Gasteiger partial charge in [0.1, 0.15) is 11.4 Å². The normalized spacial score (nSPS) is 10.9. The minimum Gasteiger partial charge on any atom is -0.355 e. The quantitative estimate of drug-likeness (QED) is 0.405. The third-order valence-electron chi connectivity index (χ3n) is 3.64. The molecule has 0 fully saturated rings. The smallest absolute Gasteiger partial charge is 0.230 e. The maximum Gasteiger partial charge on any atom is 0.230 e. The van der Waals surface area contributed by atoms with Crippen LogP contribution in [0.25, 0.3) is 11.0 Å². The highest BCUT2D eigenvalue weighted by Gasteiger charge is 2.10. The first-order valence-electron chi connectivity index (χ1n) is 7.80. The zero-order chi connectivity index (χ0) is 16.8. The van der Waals surface area contributed by atoms with Crippen molar-refractivity contribution >= 4 is 28.7 Å². The standard InChI is InChI=1S/C17H19N5OS/c1-22-16-14(10-21-22)17(20-12-19-16)24-11-15(23)18-9-5-8-13-6-3-2-4-7-13/h2-4,6-7,10,12H,5,8-9,11H2,1H3,(H,18,23). The van der Waals surface area contributed by atoms with E-state index < -0.39 is 0 Å². The predicted octanol–water partition coefficient (Wildman–Crippen LogP) is 2.20. The number of nitrogens with one attached hydrogen (secondary N) is 1. The van der Waals surface area contributed by atoms with Crippen molar-refractivity contribution in [3.05, 3.63) is 48.4 Å². The van der Waals surface area contributed by atoms with E-state index in [2.05, 4.69) is 32.5 Å². The van der Waals surface area contributed by atoms with Crippen molar-refractivity contribution in [2.24, 2.45) is 7.05 Å². The largest absolute Gasteiger partial charge is 0.355 e. The van der Waals surface area contributed by atoms with E-state index in [4.69, 9.17) is 0 Å². The maximum absolute atomic E-state index is 12.0. The van der Waals surface area contributed by atoms with E-state index in [9.17, 15) is 4.79 Å². The van der Waals surface area contributed by atoms with Gasteiger partial charge >= 0.3 is 0 Å². The lowest BCUT2D eigenvalue weighted by Crippen LogP contribution is -2.26. The highest BCUT2D eigenvalue weighted by molar-refractivity contribution is 8.00. The van der Waals surface area contributed by atoms with Gasteiger partial charge in [0.25, 0.3) is 0 Å². The molecule has 1 amide bonds. The molecule has 0 saturated carbocycles. The molecule has 0 aliphatic rings. The maximum atomic E-state index is 12.0. The molecule has 0 atom stereocenters. The number of nitrogens with zero attached hydrogens (tertiary/aromatic N) is 4. The fraction of sp³-hybridized carbons (Fsp3) is 0.294. The number of aromatic nitrogens is 4. The Bertz CT molecular complexity index is 818. The molecule has 3 aromatic rings. The van der Waals surface area contributed by atoms with Crippen LogP contribution in [0.2, 0.25) is 0 Å². The summed E-state index contributed by atoms with van der Waals surface area (Å²) in [7, 11) is 1.84. The Balaban J connectivity index is 1.44. The number of thioether (sulfide) groups is 1. The minimum atomic E-state index is 0.0173. The van der Waals surface area contributed by atoms with E-state index in [0.717, 1.165) is 28.9 Å². The molecule has 24 heavy (non-hydrogen) atoms. The number of carbonyl (C=O) groups is 1. The molecule has 0 aliphatic heterocycles. The molecule has 1 N–H and O–H groups in total. The van der Waals surface area contributed by atoms with Crippen molar-refractivity contribution in [3.63, 3.8) is 0 Å². The zero-order valence-electron chi connectivity index (χ0n) is 13.5. The summed E-state index contributed by atoms with van der Waals surface area (Å²) < 4.78 is 1.70. The third-order valence-corrected chi connectivity index (χ3v) is 4.65.